The number of hydrogen-bond donors (Lipinski definition) is 0. The van der Waals surface area contributed by atoms with Crippen molar-refractivity contribution in [3.05, 3.63) is 17.2 Å². The lowest BCUT2D eigenvalue weighted by molar-refractivity contribution is 0.00578. The molecule has 3 saturated heterocycles. The number of hydrogen-bond acceptors (Lipinski definition) is 6. The summed E-state index contributed by atoms with van der Waals surface area (Å²) in [4.78, 5) is 0. The smallest absolute Gasteiger partial charge is 0.399 e. The third-order valence-corrected chi connectivity index (χ3v) is 10.3. The Morgan fingerprint density at radius 1 is 0.459 bits per heavy atom. The molecule has 3 aliphatic heterocycles. The molecular formula is C28H45B3O6. The Bertz CT molecular complexity index is 1050. The molecule has 0 unspecified atom stereocenters. The van der Waals surface area contributed by atoms with Crippen molar-refractivity contribution in [3.63, 3.8) is 0 Å². The summed E-state index contributed by atoms with van der Waals surface area (Å²) in [6, 6.07) is 2.20. The van der Waals surface area contributed by atoms with Crippen molar-refractivity contribution in [3.8, 4) is 0 Å². The molecule has 6 nitrogen and oxygen atoms in total. The van der Waals surface area contributed by atoms with Gasteiger partial charge in [-0.15, -0.1) is 0 Å². The van der Waals surface area contributed by atoms with Crippen LogP contribution in [0.15, 0.2) is 6.07 Å². The second-order valence-corrected chi connectivity index (χ2v) is 14.4. The number of fused-ring (bicyclic) bond motifs is 1. The molecule has 0 bridgehead atoms. The van der Waals surface area contributed by atoms with Gasteiger partial charge in [-0.3, -0.25) is 0 Å². The highest BCUT2D eigenvalue weighted by molar-refractivity contribution is 6.76. The van der Waals surface area contributed by atoms with Gasteiger partial charge in [-0.1, -0.05) is 6.07 Å². The first-order valence-electron chi connectivity index (χ1n) is 14.0. The lowest BCUT2D eigenvalue weighted by Gasteiger charge is -2.32. The summed E-state index contributed by atoms with van der Waals surface area (Å²) in [5.41, 5.74) is 3.01. The fourth-order valence-corrected chi connectivity index (χ4v) is 5.61. The predicted octanol–water partition coefficient (Wildman–Crippen LogP) is 3.46. The van der Waals surface area contributed by atoms with Crippen molar-refractivity contribution in [2.45, 2.75) is 142 Å². The molecule has 0 amide bonds. The molecule has 4 aliphatic rings. The van der Waals surface area contributed by atoms with E-state index < -0.39 is 55.0 Å². The first kappa shape index (κ1) is 27.7. The summed E-state index contributed by atoms with van der Waals surface area (Å²) in [6.45, 7) is 25.2. The minimum absolute atomic E-state index is 0.423. The Hall–Kier alpha value is -0.825. The van der Waals surface area contributed by atoms with E-state index in [9.17, 15) is 0 Å². The van der Waals surface area contributed by atoms with Gasteiger partial charge in [0.15, 0.2) is 0 Å². The van der Waals surface area contributed by atoms with Gasteiger partial charge in [0.2, 0.25) is 0 Å². The van der Waals surface area contributed by atoms with Crippen molar-refractivity contribution in [2.75, 3.05) is 0 Å². The highest BCUT2D eigenvalue weighted by Gasteiger charge is 2.58. The standard InChI is InChI=1S/C28H45B3O6/c1-23(2)24(3,4)33-29(32-23)20-17-21(30-34-25(5,6)26(7,8)35-30)22(19-16-14-13-15-18(19)20)31-36-27(9,10)28(11,12)37-31/h17H,13-16H2,1-12H3. The Kier molecular flexibility index (Phi) is 6.25. The molecule has 0 N–H and O–H groups in total. The van der Waals surface area contributed by atoms with Crippen LogP contribution in [-0.2, 0) is 40.8 Å². The molecule has 3 heterocycles. The minimum atomic E-state index is -0.549. The average Bonchev–Trinajstić information content (AvgIpc) is 3.20. The van der Waals surface area contributed by atoms with Crippen molar-refractivity contribution in [2.24, 2.45) is 0 Å². The molecule has 0 spiro atoms. The van der Waals surface area contributed by atoms with Gasteiger partial charge < -0.3 is 27.9 Å². The van der Waals surface area contributed by atoms with Gasteiger partial charge in [-0.05, 0) is 136 Å². The van der Waals surface area contributed by atoms with E-state index in [1.165, 1.54) is 11.1 Å². The van der Waals surface area contributed by atoms with E-state index in [-0.39, 0.29) is 0 Å². The average molecular weight is 510 g/mol. The predicted molar refractivity (Wildman–Crippen MR) is 150 cm³/mol. The molecule has 0 radical (unpaired) electrons. The molecule has 1 aliphatic carbocycles. The van der Waals surface area contributed by atoms with Gasteiger partial charge in [-0.2, -0.15) is 0 Å². The van der Waals surface area contributed by atoms with Crippen molar-refractivity contribution in [1.29, 1.82) is 0 Å². The van der Waals surface area contributed by atoms with E-state index in [0.717, 1.165) is 42.1 Å². The van der Waals surface area contributed by atoms with Crippen LogP contribution in [0.3, 0.4) is 0 Å². The highest BCUT2D eigenvalue weighted by Crippen LogP contribution is 2.40. The Labute approximate surface area is 225 Å². The van der Waals surface area contributed by atoms with Gasteiger partial charge in [0, 0.05) is 0 Å². The molecule has 202 valence electrons. The third-order valence-electron chi connectivity index (χ3n) is 10.3. The summed E-state index contributed by atoms with van der Waals surface area (Å²) < 4.78 is 39.7. The van der Waals surface area contributed by atoms with E-state index in [1.807, 2.05) is 0 Å². The Morgan fingerprint density at radius 2 is 0.784 bits per heavy atom. The van der Waals surface area contributed by atoms with E-state index >= 15 is 0 Å². The molecule has 5 rings (SSSR count). The van der Waals surface area contributed by atoms with Crippen LogP contribution in [0.25, 0.3) is 0 Å². The minimum Gasteiger partial charge on any atom is -0.399 e. The van der Waals surface area contributed by atoms with Gasteiger partial charge in [0.1, 0.15) is 0 Å². The van der Waals surface area contributed by atoms with Crippen molar-refractivity contribution < 1.29 is 27.9 Å². The van der Waals surface area contributed by atoms with Crippen LogP contribution < -0.4 is 16.4 Å². The van der Waals surface area contributed by atoms with Crippen LogP contribution in [0.4, 0.5) is 0 Å². The molecule has 37 heavy (non-hydrogen) atoms. The normalized spacial score (nSPS) is 28.6. The maximum atomic E-state index is 6.66. The Balaban J connectivity index is 1.70. The fourth-order valence-electron chi connectivity index (χ4n) is 5.61. The zero-order chi connectivity index (χ0) is 27.4. The molecule has 0 aromatic heterocycles. The summed E-state index contributed by atoms with van der Waals surface area (Å²) in [7, 11) is -1.50. The second kappa shape index (κ2) is 8.34. The van der Waals surface area contributed by atoms with Gasteiger partial charge in [0.25, 0.3) is 0 Å². The SMILES string of the molecule is CC1(C)OB(c2cc(B3OC(C)(C)C(C)(C)O3)c(B3OC(C)(C)C(C)(C)O3)c3c2CCCC3)OC1(C)C. The first-order chi connectivity index (χ1) is 16.8. The molecule has 3 fully saturated rings. The molecule has 9 heteroatoms. The summed E-state index contributed by atoms with van der Waals surface area (Å²) in [6.07, 6.45) is 4.19. The van der Waals surface area contributed by atoms with Crippen LogP contribution >= 0.6 is 0 Å². The number of rotatable bonds is 3. The third kappa shape index (κ3) is 4.27. The zero-order valence-electron chi connectivity index (χ0n) is 25.1. The highest BCUT2D eigenvalue weighted by atomic mass is 16.7. The maximum Gasteiger partial charge on any atom is 0.495 e. The summed E-state index contributed by atoms with van der Waals surface area (Å²) >= 11 is 0. The van der Waals surface area contributed by atoms with Crippen molar-refractivity contribution in [1.82, 2.24) is 0 Å². The lowest BCUT2D eigenvalue weighted by Crippen LogP contribution is -2.57. The molecule has 1 aromatic carbocycles. The second-order valence-electron chi connectivity index (χ2n) is 14.4. The van der Waals surface area contributed by atoms with E-state index in [0.29, 0.717) is 0 Å². The largest absolute Gasteiger partial charge is 0.495 e. The first-order valence-corrected chi connectivity index (χ1v) is 14.0. The van der Waals surface area contributed by atoms with Gasteiger partial charge in [0.05, 0.1) is 33.6 Å². The van der Waals surface area contributed by atoms with Crippen LogP contribution in [0.5, 0.6) is 0 Å². The topological polar surface area (TPSA) is 55.4 Å². The van der Waals surface area contributed by atoms with Crippen molar-refractivity contribution >= 4 is 37.7 Å². The van der Waals surface area contributed by atoms with Crippen LogP contribution in [0, 0.1) is 0 Å². The van der Waals surface area contributed by atoms with Crippen LogP contribution in [0.2, 0.25) is 0 Å². The van der Waals surface area contributed by atoms with Gasteiger partial charge >= 0.3 is 21.4 Å². The van der Waals surface area contributed by atoms with E-state index in [2.05, 4.69) is 89.2 Å². The maximum absolute atomic E-state index is 6.66. The van der Waals surface area contributed by atoms with E-state index in [1.54, 1.807) is 0 Å². The number of benzene rings is 1. The Morgan fingerprint density at radius 3 is 1.19 bits per heavy atom. The molecule has 0 saturated carbocycles. The lowest BCUT2D eigenvalue weighted by atomic mass is 9.57. The van der Waals surface area contributed by atoms with Crippen LogP contribution in [-0.4, -0.2) is 55.0 Å². The zero-order valence-corrected chi connectivity index (χ0v) is 25.1. The van der Waals surface area contributed by atoms with Crippen LogP contribution in [0.1, 0.15) is 107 Å². The van der Waals surface area contributed by atoms with E-state index in [4.69, 9.17) is 27.9 Å². The molecular weight excluding hydrogens is 465 g/mol. The monoisotopic (exact) mass is 510 g/mol. The fraction of sp³-hybridized carbons (Fsp3) is 0.786. The molecule has 1 aromatic rings. The summed E-state index contributed by atoms with van der Waals surface area (Å²) in [5, 5.41) is 0. The molecule has 0 atom stereocenters. The van der Waals surface area contributed by atoms with Gasteiger partial charge in [-0.25, -0.2) is 0 Å². The quantitative estimate of drug-likeness (QED) is 0.582. The summed E-state index contributed by atoms with van der Waals surface area (Å²) in [5.74, 6) is 0.